The minimum atomic E-state index is -2.08. The molecule has 0 unspecified atom stereocenters. The number of rotatable bonds is 3. The van der Waals surface area contributed by atoms with Crippen LogP contribution < -0.4 is 5.32 Å². The smallest absolute Gasteiger partial charge is 0.260 e. The number of amides is 1. The van der Waals surface area contributed by atoms with Crippen LogP contribution in [0.3, 0.4) is 0 Å². The van der Waals surface area contributed by atoms with Crippen molar-refractivity contribution in [2.45, 2.75) is 6.92 Å². The predicted octanol–water partition coefficient (Wildman–Crippen LogP) is 3.15. The van der Waals surface area contributed by atoms with Crippen LogP contribution in [0.15, 0.2) is 11.4 Å². The minimum Gasteiger partial charge on any atom is -0.298 e. The van der Waals surface area contributed by atoms with Crippen LogP contribution >= 0.6 is 11.3 Å². The fraction of sp³-hybridized carbons (Fsp3) is 0.0833. The lowest BCUT2D eigenvalue weighted by atomic mass is 10.1. The largest absolute Gasteiger partial charge is 0.298 e. The zero-order valence-electron chi connectivity index (χ0n) is 10.3. The van der Waals surface area contributed by atoms with Gasteiger partial charge in [0.25, 0.3) is 5.91 Å². The van der Waals surface area contributed by atoms with Gasteiger partial charge >= 0.3 is 0 Å². The summed E-state index contributed by atoms with van der Waals surface area (Å²) >= 11 is 0.870. The highest BCUT2D eigenvalue weighted by molar-refractivity contribution is 7.14. The number of benzene rings is 1. The number of thiazole rings is 1. The molecule has 0 aliphatic carbocycles. The number of anilines is 1. The molecule has 0 bridgehead atoms. The summed E-state index contributed by atoms with van der Waals surface area (Å²) in [5.74, 6) is -9.15. The maximum atomic E-state index is 13.4. The Labute approximate surface area is 119 Å². The second-order valence-electron chi connectivity index (χ2n) is 3.90. The van der Waals surface area contributed by atoms with Gasteiger partial charge < -0.3 is 0 Å². The highest BCUT2D eigenvalue weighted by Gasteiger charge is 2.23. The van der Waals surface area contributed by atoms with Gasteiger partial charge in [0.2, 0.25) is 0 Å². The number of carbonyl (C=O) groups excluding carboxylic acids is 2. The van der Waals surface area contributed by atoms with E-state index in [0.717, 1.165) is 11.3 Å². The number of ketones is 1. The summed E-state index contributed by atoms with van der Waals surface area (Å²) in [6, 6.07) is 0.239. The van der Waals surface area contributed by atoms with Gasteiger partial charge in [-0.25, -0.2) is 22.5 Å². The summed E-state index contributed by atoms with van der Waals surface area (Å²) in [4.78, 5) is 26.5. The Bertz CT molecular complexity index is 745. The third-order valence-electron chi connectivity index (χ3n) is 2.43. The van der Waals surface area contributed by atoms with Crippen molar-refractivity contribution >= 4 is 28.2 Å². The molecule has 1 aromatic carbocycles. The van der Waals surface area contributed by atoms with Crippen LogP contribution in [0.25, 0.3) is 0 Å². The predicted molar refractivity (Wildman–Crippen MR) is 66.3 cm³/mol. The van der Waals surface area contributed by atoms with E-state index in [1.807, 2.05) is 0 Å². The first kappa shape index (κ1) is 15.1. The molecule has 0 saturated carbocycles. The van der Waals surface area contributed by atoms with E-state index in [1.54, 1.807) is 0 Å². The summed E-state index contributed by atoms with van der Waals surface area (Å²) in [6.07, 6.45) is 0. The van der Waals surface area contributed by atoms with Crippen molar-refractivity contribution in [3.8, 4) is 0 Å². The molecule has 0 radical (unpaired) electrons. The normalized spacial score (nSPS) is 10.5. The highest BCUT2D eigenvalue weighted by Crippen LogP contribution is 2.21. The molecule has 0 fully saturated rings. The Balaban J connectivity index is 2.30. The van der Waals surface area contributed by atoms with Gasteiger partial charge in [0.05, 0.1) is 5.56 Å². The van der Waals surface area contributed by atoms with Gasteiger partial charge in [0.1, 0.15) is 5.69 Å². The van der Waals surface area contributed by atoms with Gasteiger partial charge in [-0.2, -0.15) is 0 Å². The average Bonchev–Trinajstić information content (AvgIpc) is 2.89. The molecule has 0 saturated heterocycles. The molecule has 21 heavy (non-hydrogen) atoms. The van der Waals surface area contributed by atoms with Crippen molar-refractivity contribution in [3.05, 3.63) is 46.0 Å². The molecule has 2 rings (SSSR count). The lowest BCUT2D eigenvalue weighted by Gasteiger charge is -2.05. The van der Waals surface area contributed by atoms with Gasteiger partial charge in [-0.1, -0.05) is 0 Å². The van der Waals surface area contributed by atoms with Gasteiger partial charge in [0, 0.05) is 12.3 Å². The van der Waals surface area contributed by atoms with Crippen LogP contribution in [0.2, 0.25) is 0 Å². The molecule has 4 nitrogen and oxygen atoms in total. The summed E-state index contributed by atoms with van der Waals surface area (Å²) in [7, 11) is 0. The Hall–Kier alpha value is -2.29. The van der Waals surface area contributed by atoms with Gasteiger partial charge in [0.15, 0.2) is 34.2 Å². The average molecular weight is 318 g/mol. The van der Waals surface area contributed by atoms with Crippen LogP contribution in [0.1, 0.15) is 27.8 Å². The van der Waals surface area contributed by atoms with Crippen LogP contribution in [-0.4, -0.2) is 16.7 Å². The standard InChI is InChI=1S/C12H6F4N2O2S/c1-4(19)7-3-21-12(17-7)18-11(20)5-2-6(13)9(15)10(16)8(5)14/h2-3H,1H3,(H,17,18,20). The van der Waals surface area contributed by atoms with Crippen LogP contribution in [-0.2, 0) is 0 Å². The Kier molecular flexibility index (Phi) is 4.03. The maximum absolute atomic E-state index is 13.4. The van der Waals surface area contributed by atoms with Crippen molar-refractivity contribution < 1.29 is 27.2 Å². The summed E-state index contributed by atoms with van der Waals surface area (Å²) in [5.41, 5.74) is -0.932. The topological polar surface area (TPSA) is 59.1 Å². The second kappa shape index (κ2) is 5.60. The van der Waals surface area contributed by atoms with Crippen molar-refractivity contribution in [2.75, 3.05) is 5.32 Å². The molecule has 1 N–H and O–H groups in total. The monoisotopic (exact) mass is 318 g/mol. The zero-order chi connectivity index (χ0) is 15.7. The number of Topliss-reactive ketones (excluding diaryl/α,β-unsaturated/α-hetero) is 1. The number of hydrogen-bond acceptors (Lipinski definition) is 4. The maximum Gasteiger partial charge on any atom is 0.260 e. The molecule has 0 atom stereocenters. The SMILES string of the molecule is CC(=O)c1csc(NC(=O)c2cc(F)c(F)c(F)c2F)n1. The van der Waals surface area contributed by atoms with Crippen LogP contribution in [0.4, 0.5) is 22.7 Å². The molecule has 9 heteroatoms. The third kappa shape index (κ3) is 2.92. The molecule has 1 aromatic heterocycles. The molecule has 0 spiro atoms. The second-order valence-corrected chi connectivity index (χ2v) is 4.75. The third-order valence-corrected chi connectivity index (χ3v) is 3.19. The molecule has 110 valence electrons. The van der Waals surface area contributed by atoms with E-state index in [-0.39, 0.29) is 22.7 Å². The van der Waals surface area contributed by atoms with E-state index in [9.17, 15) is 27.2 Å². The van der Waals surface area contributed by atoms with Crippen molar-refractivity contribution in [1.29, 1.82) is 0 Å². The van der Waals surface area contributed by atoms with Crippen molar-refractivity contribution in [3.63, 3.8) is 0 Å². The lowest BCUT2D eigenvalue weighted by molar-refractivity contribution is 0.100. The number of aromatic nitrogens is 1. The fourth-order valence-electron chi connectivity index (χ4n) is 1.40. The van der Waals surface area contributed by atoms with Crippen LogP contribution in [0, 0.1) is 23.3 Å². The minimum absolute atomic E-state index is 0.0604. The zero-order valence-corrected chi connectivity index (χ0v) is 11.2. The lowest BCUT2D eigenvalue weighted by Crippen LogP contribution is -2.16. The Morgan fingerprint density at radius 2 is 1.81 bits per heavy atom. The van der Waals surface area contributed by atoms with Crippen LogP contribution in [0.5, 0.6) is 0 Å². The van der Waals surface area contributed by atoms with Crippen molar-refractivity contribution in [1.82, 2.24) is 4.98 Å². The molecule has 2 aromatic rings. The van der Waals surface area contributed by atoms with E-state index in [0.29, 0.717) is 0 Å². The highest BCUT2D eigenvalue weighted by atomic mass is 32.1. The first-order valence-corrected chi connectivity index (χ1v) is 6.30. The fourth-order valence-corrected chi connectivity index (χ4v) is 2.14. The molecular formula is C12H6F4N2O2S. The van der Waals surface area contributed by atoms with Gasteiger partial charge in [-0.15, -0.1) is 11.3 Å². The quantitative estimate of drug-likeness (QED) is 0.409. The number of hydrogen-bond donors (Lipinski definition) is 1. The Morgan fingerprint density at radius 3 is 2.38 bits per heavy atom. The van der Waals surface area contributed by atoms with E-state index >= 15 is 0 Å². The number of nitrogens with one attached hydrogen (secondary N) is 1. The molecular weight excluding hydrogens is 312 g/mol. The number of carbonyl (C=O) groups is 2. The van der Waals surface area contributed by atoms with Gasteiger partial charge in [-0.05, 0) is 6.07 Å². The molecule has 0 aliphatic heterocycles. The van der Waals surface area contributed by atoms with E-state index in [4.69, 9.17) is 0 Å². The number of nitrogens with zero attached hydrogens (tertiary/aromatic N) is 1. The van der Waals surface area contributed by atoms with E-state index in [1.165, 1.54) is 12.3 Å². The molecule has 0 aliphatic rings. The van der Waals surface area contributed by atoms with E-state index < -0.39 is 34.7 Å². The number of halogens is 4. The Morgan fingerprint density at radius 1 is 1.14 bits per heavy atom. The molecule has 1 amide bonds. The first-order chi connectivity index (χ1) is 9.81. The van der Waals surface area contributed by atoms with E-state index in [2.05, 4.69) is 10.3 Å². The molecule has 1 heterocycles. The summed E-state index contributed by atoms with van der Waals surface area (Å²) < 4.78 is 52.2. The summed E-state index contributed by atoms with van der Waals surface area (Å²) in [5, 5.41) is 3.36. The van der Waals surface area contributed by atoms with Gasteiger partial charge in [-0.3, -0.25) is 14.9 Å². The summed E-state index contributed by atoms with van der Waals surface area (Å²) in [6.45, 7) is 1.26. The first-order valence-electron chi connectivity index (χ1n) is 5.42. The van der Waals surface area contributed by atoms with Crippen molar-refractivity contribution in [2.24, 2.45) is 0 Å².